The van der Waals surface area contributed by atoms with Crippen molar-refractivity contribution >= 4 is 11.3 Å². The van der Waals surface area contributed by atoms with Crippen LogP contribution in [0.4, 0.5) is 17.6 Å². The van der Waals surface area contributed by atoms with Gasteiger partial charge in [0.1, 0.15) is 4.88 Å². The molecule has 0 aliphatic rings. The lowest BCUT2D eigenvalue weighted by atomic mass is 10.1. The minimum atomic E-state index is -4.41. The molecule has 0 spiro atoms. The number of thiophene rings is 1. The van der Waals surface area contributed by atoms with E-state index in [2.05, 4.69) is 0 Å². The smallest absolute Gasteiger partial charge is 0.327 e. The summed E-state index contributed by atoms with van der Waals surface area (Å²) >= 11 is 0.391. The average Bonchev–Trinajstić information content (AvgIpc) is 2.51. The van der Waals surface area contributed by atoms with Gasteiger partial charge in [0.25, 0.3) is 0 Å². The molecule has 1 heterocycles. The zero-order chi connectivity index (χ0) is 11.0. The van der Waals surface area contributed by atoms with Crippen molar-refractivity contribution in [2.24, 2.45) is 5.73 Å². The summed E-state index contributed by atoms with van der Waals surface area (Å²) in [5.74, 6) is 0. The van der Waals surface area contributed by atoms with Crippen molar-refractivity contribution in [3.63, 3.8) is 0 Å². The van der Waals surface area contributed by atoms with Gasteiger partial charge in [-0.1, -0.05) is 0 Å². The summed E-state index contributed by atoms with van der Waals surface area (Å²) in [5.41, 5.74) is 3.23. The lowest BCUT2D eigenvalue weighted by molar-refractivity contribution is -0.134. The molecule has 80 valence electrons. The van der Waals surface area contributed by atoms with Crippen LogP contribution in [0.2, 0.25) is 0 Å². The minimum absolute atomic E-state index is 0.00678. The molecule has 0 aliphatic carbocycles. The first-order valence-corrected chi connectivity index (χ1v) is 4.65. The normalized spacial score (nSPS) is 16.7. The van der Waals surface area contributed by atoms with Crippen LogP contribution in [-0.2, 0) is 11.8 Å². The highest BCUT2D eigenvalue weighted by Gasteiger charge is 2.35. The summed E-state index contributed by atoms with van der Waals surface area (Å²) in [6, 6.07) is 1.99. The molecule has 1 aromatic heterocycles. The molecule has 0 aromatic carbocycles. The third kappa shape index (κ3) is 2.24. The van der Waals surface area contributed by atoms with Crippen molar-refractivity contribution in [2.45, 2.75) is 18.8 Å². The van der Waals surface area contributed by atoms with Crippen LogP contribution in [0.5, 0.6) is 0 Å². The molecule has 6 heteroatoms. The summed E-state index contributed by atoms with van der Waals surface area (Å²) in [6.07, 6.45) is -4.41. The highest BCUT2D eigenvalue weighted by atomic mass is 32.1. The van der Waals surface area contributed by atoms with E-state index in [1.807, 2.05) is 0 Å². The topological polar surface area (TPSA) is 26.0 Å². The van der Waals surface area contributed by atoms with Gasteiger partial charge in [0.05, 0.1) is 0 Å². The second-order valence-electron chi connectivity index (χ2n) is 3.06. The van der Waals surface area contributed by atoms with Crippen LogP contribution < -0.4 is 5.73 Å². The van der Waals surface area contributed by atoms with Gasteiger partial charge in [-0.15, -0.1) is 11.3 Å². The first kappa shape index (κ1) is 11.5. The van der Waals surface area contributed by atoms with E-state index < -0.39 is 16.7 Å². The van der Waals surface area contributed by atoms with Gasteiger partial charge < -0.3 is 5.73 Å². The molecular formula is C8H9F4NS. The molecule has 0 amide bonds. The molecule has 0 saturated carbocycles. The third-order valence-corrected chi connectivity index (χ3v) is 3.15. The van der Waals surface area contributed by atoms with Gasteiger partial charge >= 0.3 is 6.18 Å². The molecule has 0 radical (unpaired) electrons. The van der Waals surface area contributed by atoms with E-state index in [1.54, 1.807) is 0 Å². The maximum absolute atomic E-state index is 13.5. The molecule has 1 aromatic rings. The number of alkyl halides is 4. The van der Waals surface area contributed by atoms with Gasteiger partial charge in [-0.25, -0.2) is 4.39 Å². The molecule has 14 heavy (non-hydrogen) atoms. The van der Waals surface area contributed by atoms with E-state index in [1.165, 1.54) is 6.92 Å². The molecule has 2 N–H and O–H groups in total. The van der Waals surface area contributed by atoms with Gasteiger partial charge in [-0.2, -0.15) is 13.2 Å². The van der Waals surface area contributed by atoms with Gasteiger partial charge in [-0.3, -0.25) is 0 Å². The van der Waals surface area contributed by atoms with Crippen molar-refractivity contribution in [2.75, 3.05) is 6.54 Å². The third-order valence-electron chi connectivity index (χ3n) is 1.78. The molecule has 1 unspecified atom stereocenters. The number of halogens is 4. The predicted octanol–water partition coefficient (Wildman–Crippen LogP) is 2.91. The maximum Gasteiger partial charge on any atom is 0.425 e. The summed E-state index contributed by atoms with van der Waals surface area (Å²) in [7, 11) is 0. The van der Waals surface area contributed by atoms with Crippen LogP contribution in [0.15, 0.2) is 12.1 Å². The molecule has 0 saturated heterocycles. The predicted molar refractivity (Wildman–Crippen MR) is 46.8 cm³/mol. The van der Waals surface area contributed by atoms with E-state index in [9.17, 15) is 17.6 Å². The summed E-state index contributed by atoms with van der Waals surface area (Å²) in [4.78, 5) is -0.794. The Morgan fingerprint density at radius 1 is 1.21 bits per heavy atom. The second kappa shape index (κ2) is 3.51. The number of rotatable bonds is 2. The van der Waals surface area contributed by atoms with Gasteiger partial charge in [-0.05, 0) is 19.1 Å². The zero-order valence-electron chi connectivity index (χ0n) is 7.36. The Morgan fingerprint density at radius 3 is 2.07 bits per heavy atom. The van der Waals surface area contributed by atoms with Crippen LogP contribution in [0, 0.1) is 0 Å². The molecule has 0 bridgehead atoms. The fourth-order valence-corrected chi connectivity index (χ4v) is 1.79. The Bertz CT molecular complexity index is 315. The first-order valence-electron chi connectivity index (χ1n) is 3.84. The summed E-state index contributed by atoms with van der Waals surface area (Å²) < 4.78 is 49.9. The van der Waals surface area contributed by atoms with E-state index in [0.29, 0.717) is 11.3 Å². The number of hydrogen-bond acceptors (Lipinski definition) is 2. The molecule has 1 rings (SSSR count). The van der Waals surface area contributed by atoms with Crippen LogP contribution in [0.1, 0.15) is 16.7 Å². The Kier molecular flexibility index (Phi) is 2.87. The fourth-order valence-electron chi connectivity index (χ4n) is 0.871. The largest absolute Gasteiger partial charge is 0.425 e. The highest BCUT2D eigenvalue weighted by Crippen LogP contribution is 2.38. The van der Waals surface area contributed by atoms with Crippen LogP contribution in [0.25, 0.3) is 0 Å². The van der Waals surface area contributed by atoms with E-state index >= 15 is 0 Å². The summed E-state index contributed by atoms with van der Waals surface area (Å²) in [6.45, 7) is 0.837. The molecule has 1 nitrogen and oxygen atoms in total. The standard InChI is InChI=1S/C8H9F4NS/c1-7(9,4-13)5-2-3-6(14-5)8(10,11)12/h2-3H,4,13H2,1H3. The van der Waals surface area contributed by atoms with Crippen molar-refractivity contribution in [3.8, 4) is 0 Å². The maximum atomic E-state index is 13.5. The number of nitrogens with two attached hydrogens (primary N) is 1. The first-order chi connectivity index (χ1) is 6.27. The minimum Gasteiger partial charge on any atom is -0.327 e. The second-order valence-corrected chi connectivity index (χ2v) is 4.15. The molecule has 0 fully saturated rings. The number of hydrogen-bond donors (Lipinski definition) is 1. The van der Waals surface area contributed by atoms with Crippen LogP contribution in [-0.4, -0.2) is 6.54 Å². The SMILES string of the molecule is CC(F)(CN)c1ccc(C(F)(F)F)s1. The molecule has 0 aliphatic heterocycles. The zero-order valence-corrected chi connectivity index (χ0v) is 8.18. The van der Waals surface area contributed by atoms with E-state index in [0.717, 1.165) is 12.1 Å². The van der Waals surface area contributed by atoms with Crippen molar-refractivity contribution in [1.29, 1.82) is 0 Å². The Hall–Kier alpha value is -0.620. The molecular weight excluding hydrogens is 218 g/mol. The Labute approximate surface area is 82.5 Å². The van der Waals surface area contributed by atoms with E-state index in [-0.39, 0.29) is 11.4 Å². The Morgan fingerprint density at radius 2 is 1.71 bits per heavy atom. The van der Waals surface area contributed by atoms with Crippen molar-refractivity contribution in [3.05, 3.63) is 21.9 Å². The Balaban J connectivity index is 3.00. The lowest BCUT2D eigenvalue weighted by Crippen LogP contribution is -2.25. The van der Waals surface area contributed by atoms with Crippen LogP contribution >= 0.6 is 11.3 Å². The fraction of sp³-hybridized carbons (Fsp3) is 0.500. The van der Waals surface area contributed by atoms with E-state index in [4.69, 9.17) is 5.73 Å². The van der Waals surface area contributed by atoms with Crippen LogP contribution in [0.3, 0.4) is 0 Å². The quantitative estimate of drug-likeness (QED) is 0.772. The molecule has 1 atom stereocenters. The van der Waals surface area contributed by atoms with Crippen molar-refractivity contribution in [1.82, 2.24) is 0 Å². The lowest BCUT2D eigenvalue weighted by Gasteiger charge is -2.15. The van der Waals surface area contributed by atoms with Gasteiger partial charge in [0.2, 0.25) is 0 Å². The monoisotopic (exact) mass is 227 g/mol. The summed E-state index contributed by atoms with van der Waals surface area (Å²) in [5, 5.41) is 0. The van der Waals surface area contributed by atoms with Gasteiger partial charge in [0, 0.05) is 11.4 Å². The highest BCUT2D eigenvalue weighted by molar-refractivity contribution is 7.12. The average molecular weight is 227 g/mol. The van der Waals surface area contributed by atoms with Gasteiger partial charge in [0.15, 0.2) is 5.67 Å². The van der Waals surface area contributed by atoms with Crippen molar-refractivity contribution < 1.29 is 17.6 Å².